The van der Waals surface area contributed by atoms with Gasteiger partial charge in [-0.1, -0.05) is 12.8 Å². The molecular formula is C7H12O3S. The summed E-state index contributed by atoms with van der Waals surface area (Å²) in [6, 6.07) is 0. The molecule has 0 aliphatic heterocycles. The topological polar surface area (TPSA) is 51.2 Å². The van der Waals surface area contributed by atoms with Crippen LogP contribution in [0.5, 0.6) is 0 Å². The maximum Gasteiger partial charge on any atom is 0.243 e. The van der Waals surface area contributed by atoms with E-state index in [-0.39, 0.29) is 5.25 Å². The van der Waals surface area contributed by atoms with Crippen LogP contribution in [-0.4, -0.2) is 18.8 Å². The molecule has 4 heteroatoms. The number of sulfone groups is 1. The lowest BCUT2D eigenvalue weighted by Gasteiger charge is -2.05. The minimum Gasteiger partial charge on any atom is -0.282 e. The molecule has 0 saturated heterocycles. The molecule has 3 nitrogen and oxygen atoms in total. The first-order valence-electron chi connectivity index (χ1n) is 3.79. The third-order valence-electron chi connectivity index (χ3n) is 2.14. The molecule has 0 aromatic heterocycles. The smallest absolute Gasteiger partial charge is 0.243 e. The number of rotatable bonds is 1. The van der Waals surface area contributed by atoms with Gasteiger partial charge in [0.25, 0.3) is 0 Å². The van der Waals surface area contributed by atoms with Crippen molar-refractivity contribution in [2.75, 3.05) is 0 Å². The zero-order valence-corrected chi connectivity index (χ0v) is 7.36. The van der Waals surface area contributed by atoms with E-state index in [2.05, 4.69) is 0 Å². The Labute approximate surface area is 66.7 Å². The Morgan fingerprint density at radius 1 is 1.27 bits per heavy atom. The van der Waals surface area contributed by atoms with Gasteiger partial charge >= 0.3 is 0 Å². The first kappa shape index (κ1) is 8.71. The Morgan fingerprint density at radius 2 is 1.73 bits per heavy atom. The van der Waals surface area contributed by atoms with Crippen LogP contribution in [0.15, 0.2) is 0 Å². The number of carbonyl (C=O) groups is 1. The predicted molar refractivity (Wildman–Crippen MR) is 41.9 cm³/mol. The maximum atomic E-state index is 11.2. The molecule has 0 amide bonds. The van der Waals surface area contributed by atoms with E-state index in [1.165, 1.54) is 0 Å². The molecule has 64 valence electrons. The Bertz CT molecular complexity index is 247. The van der Waals surface area contributed by atoms with E-state index < -0.39 is 15.0 Å². The van der Waals surface area contributed by atoms with E-state index in [1.807, 2.05) is 0 Å². The van der Waals surface area contributed by atoms with Crippen LogP contribution in [0, 0.1) is 0 Å². The van der Waals surface area contributed by atoms with Crippen molar-refractivity contribution in [1.29, 1.82) is 0 Å². The molecule has 1 aliphatic rings. The summed E-state index contributed by atoms with van der Waals surface area (Å²) in [5.74, 6) is 0. The van der Waals surface area contributed by atoms with Crippen molar-refractivity contribution in [1.82, 2.24) is 0 Å². The molecule has 0 aromatic carbocycles. The van der Waals surface area contributed by atoms with Crippen LogP contribution in [0.4, 0.5) is 0 Å². The minimum absolute atomic E-state index is 0.375. The standard InChI is InChI=1S/C7H12O3S/c1-6(8)11(9,10)7-4-2-3-5-7/h7H,2-5H2,1H3. The van der Waals surface area contributed by atoms with Gasteiger partial charge in [-0.05, 0) is 12.8 Å². The zero-order chi connectivity index (χ0) is 8.48. The average molecular weight is 176 g/mol. The first-order valence-corrected chi connectivity index (χ1v) is 5.34. The summed E-state index contributed by atoms with van der Waals surface area (Å²) in [7, 11) is -3.42. The normalized spacial score (nSPS) is 20.5. The molecule has 0 atom stereocenters. The lowest BCUT2D eigenvalue weighted by molar-refractivity contribution is -0.109. The third-order valence-corrected chi connectivity index (χ3v) is 4.29. The summed E-state index contributed by atoms with van der Waals surface area (Å²) in [5.41, 5.74) is 0. The van der Waals surface area contributed by atoms with Gasteiger partial charge in [-0.15, -0.1) is 0 Å². The molecule has 11 heavy (non-hydrogen) atoms. The highest BCUT2D eigenvalue weighted by molar-refractivity contribution is 8.06. The van der Waals surface area contributed by atoms with Crippen molar-refractivity contribution in [3.63, 3.8) is 0 Å². The van der Waals surface area contributed by atoms with Gasteiger partial charge in [0.15, 0.2) is 0 Å². The molecule has 0 radical (unpaired) electrons. The highest BCUT2D eigenvalue weighted by Gasteiger charge is 2.31. The second-order valence-electron chi connectivity index (χ2n) is 2.94. The zero-order valence-electron chi connectivity index (χ0n) is 6.54. The van der Waals surface area contributed by atoms with Gasteiger partial charge in [0, 0.05) is 6.92 Å². The van der Waals surface area contributed by atoms with E-state index in [1.54, 1.807) is 0 Å². The fraction of sp³-hybridized carbons (Fsp3) is 0.857. The van der Waals surface area contributed by atoms with Gasteiger partial charge in [-0.25, -0.2) is 8.42 Å². The van der Waals surface area contributed by atoms with Crippen LogP contribution in [0.2, 0.25) is 0 Å². The van der Waals surface area contributed by atoms with Crippen LogP contribution in [-0.2, 0) is 14.6 Å². The lowest BCUT2D eigenvalue weighted by atomic mass is 10.4. The Morgan fingerprint density at radius 3 is 2.09 bits per heavy atom. The van der Waals surface area contributed by atoms with Crippen molar-refractivity contribution in [2.45, 2.75) is 37.9 Å². The average Bonchev–Trinajstić information content (AvgIpc) is 2.37. The van der Waals surface area contributed by atoms with E-state index >= 15 is 0 Å². The van der Waals surface area contributed by atoms with Gasteiger partial charge in [0.05, 0.1) is 5.25 Å². The SMILES string of the molecule is CC(=O)S(=O)(=O)C1CCCC1. The Hall–Kier alpha value is -0.380. The van der Waals surface area contributed by atoms with E-state index in [4.69, 9.17) is 0 Å². The molecular weight excluding hydrogens is 164 g/mol. The monoisotopic (exact) mass is 176 g/mol. The lowest BCUT2D eigenvalue weighted by Crippen LogP contribution is -2.23. The van der Waals surface area contributed by atoms with Crippen LogP contribution in [0.3, 0.4) is 0 Å². The maximum absolute atomic E-state index is 11.2. The predicted octanol–water partition coefficient (Wildman–Crippen LogP) is 0.890. The highest BCUT2D eigenvalue weighted by Crippen LogP contribution is 2.25. The minimum atomic E-state index is -3.42. The molecule has 0 heterocycles. The van der Waals surface area contributed by atoms with Crippen LogP contribution < -0.4 is 0 Å². The van der Waals surface area contributed by atoms with Gasteiger partial charge in [-0.3, -0.25) is 4.79 Å². The Balaban J connectivity index is 2.80. The van der Waals surface area contributed by atoms with Crippen molar-refractivity contribution < 1.29 is 13.2 Å². The van der Waals surface area contributed by atoms with Crippen molar-refractivity contribution in [2.24, 2.45) is 0 Å². The molecule has 1 aliphatic carbocycles. The van der Waals surface area contributed by atoms with Crippen molar-refractivity contribution in [3.05, 3.63) is 0 Å². The third kappa shape index (κ3) is 1.61. The summed E-state index contributed by atoms with van der Waals surface area (Å²) < 4.78 is 22.4. The quantitative estimate of drug-likeness (QED) is 0.596. The number of carbonyl (C=O) groups excluding carboxylic acids is 1. The van der Waals surface area contributed by atoms with Crippen LogP contribution >= 0.6 is 0 Å². The summed E-state index contributed by atoms with van der Waals surface area (Å²) in [6.07, 6.45) is 3.22. The summed E-state index contributed by atoms with van der Waals surface area (Å²) in [5, 5.41) is -1.05. The second kappa shape index (κ2) is 2.93. The van der Waals surface area contributed by atoms with Gasteiger partial charge < -0.3 is 0 Å². The number of hydrogen-bond acceptors (Lipinski definition) is 3. The van der Waals surface area contributed by atoms with Crippen LogP contribution in [0.1, 0.15) is 32.6 Å². The van der Waals surface area contributed by atoms with E-state index in [0.29, 0.717) is 12.8 Å². The highest BCUT2D eigenvalue weighted by atomic mass is 32.2. The van der Waals surface area contributed by atoms with Gasteiger partial charge in [0.1, 0.15) is 0 Å². The summed E-state index contributed by atoms with van der Waals surface area (Å²) in [6.45, 7) is 1.13. The largest absolute Gasteiger partial charge is 0.282 e. The van der Waals surface area contributed by atoms with E-state index in [9.17, 15) is 13.2 Å². The fourth-order valence-electron chi connectivity index (χ4n) is 1.43. The Kier molecular flexibility index (Phi) is 2.32. The van der Waals surface area contributed by atoms with Crippen LogP contribution in [0.25, 0.3) is 0 Å². The molecule has 0 N–H and O–H groups in total. The molecule has 0 spiro atoms. The molecule has 1 rings (SSSR count). The molecule has 1 fully saturated rings. The molecule has 1 saturated carbocycles. The van der Waals surface area contributed by atoms with Crippen molar-refractivity contribution >= 4 is 15.0 Å². The second-order valence-corrected chi connectivity index (χ2v) is 5.27. The molecule has 0 unspecified atom stereocenters. The molecule has 0 bridgehead atoms. The number of hydrogen-bond donors (Lipinski definition) is 0. The van der Waals surface area contributed by atoms with Gasteiger partial charge in [-0.2, -0.15) is 0 Å². The summed E-state index contributed by atoms with van der Waals surface area (Å²) >= 11 is 0. The van der Waals surface area contributed by atoms with Crippen molar-refractivity contribution in [3.8, 4) is 0 Å². The fourth-order valence-corrected chi connectivity index (χ4v) is 2.86. The first-order chi connectivity index (χ1) is 5.05. The van der Waals surface area contributed by atoms with Gasteiger partial charge in [0.2, 0.25) is 15.0 Å². The molecule has 0 aromatic rings. The van der Waals surface area contributed by atoms with E-state index in [0.717, 1.165) is 19.8 Å². The summed E-state index contributed by atoms with van der Waals surface area (Å²) in [4.78, 5) is 10.7.